The summed E-state index contributed by atoms with van der Waals surface area (Å²) in [6.07, 6.45) is 0. The lowest BCUT2D eigenvalue weighted by Gasteiger charge is -2.02. The van der Waals surface area contributed by atoms with Gasteiger partial charge in [-0.2, -0.15) is 4.98 Å². The largest absolute Gasteiger partial charge is 0.494 e. The first-order valence-corrected chi connectivity index (χ1v) is 7.25. The predicted octanol–water partition coefficient (Wildman–Crippen LogP) is 0.888. The first-order chi connectivity index (χ1) is 11.1. The van der Waals surface area contributed by atoms with E-state index in [9.17, 15) is 9.59 Å². The van der Waals surface area contributed by atoms with Gasteiger partial charge < -0.3 is 19.9 Å². The van der Waals surface area contributed by atoms with Crippen molar-refractivity contribution in [1.82, 2.24) is 20.8 Å². The van der Waals surface area contributed by atoms with E-state index in [1.165, 1.54) is 0 Å². The summed E-state index contributed by atoms with van der Waals surface area (Å²) in [4.78, 5) is 26.9. The number of hydrogen-bond donors (Lipinski definition) is 2. The normalized spacial score (nSPS) is 10.2. The quantitative estimate of drug-likeness (QED) is 0.766. The SMILES string of the molecule is CCNC(=O)C(=O)NCc1nc(-c2ccc(OCC)cc2)no1. The fourth-order valence-corrected chi connectivity index (χ4v) is 1.79. The van der Waals surface area contributed by atoms with Crippen molar-refractivity contribution in [2.45, 2.75) is 20.4 Å². The van der Waals surface area contributed by atoms with Crippen LogP contribution in [0.4, 0.5) is 0 Å². The van der Waals surface area contributed by atoms with E-state index >= 15 is 0 Å². The first-order valence-electron chi connectivity index (χ1n) is 7.25. The molecule has 1 aromatic heterocycles. The van der Waals surface area contributed by atoms with Crippen LogP contribution < -0.4 is 15.4 Å². The Labute approximate surface area is 133 Å². The van der Waals surface area contributed by atoms with Gasteiger partial charge in [-0.3, -0.25) is 9.59 Å². The van der Waals surface area contributed by atoms with Gasteiger partial charge in [-0.05, 0) is 38.1 Å². The van der Waals surface area contributed by atoms with Gasteiger partial charge in [-0.1, -0.05) is 5.16 Å². The molecule has 2 N–H and O–H groups in total. The topological polar surface area (TPSA) is 106 Å². The second-order valence-electron chi connectivity index (χ2n) is 4.51. The third kappa shape index (κ3) is 4.53. The van der Waals surface area contributed by atoms with Crippen LogP contribution in [0.5, 0.6) is 5.75 Å². The number of nitrogens with one attached hydrogen (secondary N) is 2. The molecule has 1 heterocycles. The van der Waals surface area contributed by atoms with Crippen LogP contribution in [0.25, 0.3) is 11.4 Å². The molecule has 0 radical (unpaired) electrons. The Morgan fingerprint density at radius 2 is 1.83 bits per heavy atom. The summed E-state index contributed by atoms with van der Waals surface area (Å²) in [5.41, 5.74) is 0.763. The van der Waals surface area contributed by atoms with Gasteiger partial charge in [0.05, 0.1) is 13.2 Å². The van der Waals surface area contributed by atoms with Gasteiger partial charge in [0.2, 0.25) is 11.7 Å². The van der Waals surface area contributed by atoms with E-state index in [1.807, 2.05) is 31.2 Å². The monoisotopic (exact) mass is 318 g/mol. The summed E-state index contributed by atoms with van der Waals surface area (Å²) in [7, 11) is 0. The molecule has 0 bridgehead atoms. The highest BCUT2D eigenvalue weighted by Gasteiger charge is 2.14. The second-order valence-corrected chi connectivity index (χ2v) is 4.51. The van der Waals surface area contributed by atoms with Crippen molar-refractivity contribution < 1.29 is 18.8 Å². The van der Waals surface area contributed by atoms with Crippen LogP contribution in [-0.4, -0.2) is 35.1 Å². The minimum atomic E-state index is -0.743. The average molecular weight is 318 g/mol. The number of carbonyl (C=O) groups excluding carboxylic acids is 2. The molecule has 0 unspecified atom stereocenters. The van der Waals surface area contributed by atoms with Gasteiger partial charge in [0.1, 0.15) is 5.75 Å². The lowest BCUT2D eigenvalue weighted by atomic mass is 10.2. The molecule has 0 saturated carbocycles. The number of benzene rings is 1. The zero-order valence-corrected chi connectivity index (χ0v) is 13.0. The van der Waals surface area contributed by atoms with E-state index in [4.69, 9.17) is 9.26 Å². The van der Waals surface area contributed by atoms with Crippen LogP contribution in [0.1, 0.15) is 19.7 Å². The summed E-state index contributed by atoms with van der Waals surface area (Å²) in [6.45, 7) is 4.60. The number of carbonyl (C=O) groups is 2. The number of rotatable bonds is 6. The lowest BCUT2D eigenvalue weighted by Crippen LogP contribution is -2.39. The van der Waals surface area contributed by atoms with E-state index in [2.05, 4.69) is 20.8 Å². The summed E-state index contributed by atoms with van der Waals surface area (Å²) < 4.78 is 10.4. The van der Waals surface area contributed by atoms with Crippen molar-refractivity contribution in [3.8, 4) is 17.1 Å². The second kappa shape index (κ2) is 7.92. The highest BCUT2D eigenvalue weighted by atomic mass is 16.5. The maximum atomic E-state index is 11.5. The molecule has 2 amide bonds. The van der Waals surface area contributed by atoms with Crippen LogP contribution in [0.15, 0.2) is 28.8 Å². The molecule has 0 atom stereocenters. The highest BCUT2D eigenvalue weighted by molar-refractivity contribution is 6.35. The Bertz CT molecular complexity index is 666. The summed E-state index contributed by atoms with van der Waals surface area (Å²) in [6, 6.07) is 7.25. The van der Waals surface area contributed by atoms with Gasteiger partial charge in [0.15, 0.2) is 0 Å². The number of ether oxygens (including phenoxy) is 1. The molecule has 0 aliphatic heterocycles. The molecule has 8 nitrogen and oxygen atoms in total. The number of hydrogen-bond acceptors (Lipinski definition) is 6. The fraction of sp³-hybridized carbons (Fsp3) is 0.333. The van der Waals surface area contributed by atoms with E-state index in [0.29, 0.717) is 19.0 Å². The third-order valence-electron chi connectivity index (χ3n) is 2.84. The summed E-state index contributed by atoms with van der Waals surface area (Å²) >= 11 is 0. The third-order valence-corrected chi connectivity index (χ3v) is 2.84. The zero-order valence-electron chi connectivity index (χ0n) is 13.0. The molecule has 0 spiro atoms. The Morgan fingerprint density at radius 3 is 2.48 bits per heavy atom. The molecule has 2 rings (SSSR count). The molecule has 1 aromatic carbocycles. The maximum absolute atomic E-state index is 11.5. The van der Waals surface area contributed by atoms with E-state index in [0.717, 1.165) is 11.3 Å². The Kier molecular flexibility index (Phi) is 5.67. The van der Waals surface area contributed by atoms with E-state index < -0.39 is 11.8 Å². The molecule has 0 aliphatic rings. The van der Waals surface area contributed by atoms with Crippen molar-refractivity contribution >= 4 is 11.8 Å². The first kappa shape index (κ1) is 16.5. The van der Waals surface area contributed by atoms with Gasteiger partial charge in [-0.15, -0.1) is 0 Å². The standard InChI is InChI=1S/C15H18N4O4/c1-3-16-14(20)15(21)17-9-12-18-13(19-23-12)10-5-7-11(8-6-10)22-4-2/h5-8H,3-4,9H2,1-2H3,(H,16,20)(H,17,21). The Hall–Kier alpha value is -2.90. The molecule has 23 heavy (non-hydrogen) atoms. The molecule has 0 aliphatic carbocycles. The number of amides is 2. The summed E-state index contributed by atoms with van der Waals surface area (Å²) in [5.74, 6) is -0.0672. The van der Waals surface area contributed by atoms with Crippen LogP contribution in [0.3, 0.4) is 0 Å². The van der Waals surface area contributed by atoms with E-state index in [-0.39, 0.29) is 12.4 Å². The number of likely N-dealkylation sites (N-methyl/N-ethyl adjacent to an activating group) is 1. The number of nitrogens with zero attached hydrogens (tertiary/aromatic N) is 2. The van der Waals surface area contributed by atoms with Crippen LogP contribution in [0.2, 0.25) is 0 Å². The Morgan fingerprint density at radius 1 is 1.13 bits per heavy atom. The van der Waals surface area contributed by atoms with Gasteiger partial charge in [0.25, 0.3) is 0 Å². The smallest absolute Gasteiger partial charge is 0.309 e. The Balaban J connectivity index is 1.95. The lowest BCUT2D eigenvalue weighted by molar-refractivity contribution is -0.139. The molecule has 8 heteroatoms. The van der Waals surface area contributed by atoms with Crippen molar-refractivity contribution in [3.63, 3.8) is 0 Å². The fourth-order valence-electron chi connectivity index (χ4n) is 1.79. The van der Waals surface area contributed by atoms with Gasteiger partial charge in [-0.25, -0.2) is 0 Å². The van der Waals surface area contributed by atoms with Crippen molar-refractivity contribution in [2.24, 2.45) is 0 Å². The van der Waals surface area contributed by atoms with Crippen molar-refractivity contribution in [3.05, 3.63) is 30.2 Å². The summed E-state index contributed by atoms with van der Waals surface area (Å²) in [5, 5.41) is 8.65. The predicted molar refractivity (Wildman–Crippen MR) is 81.4 cm³/mol. The molecular formula is C15H18N4O4. The minimum Gasteiger partial charge on any atom is -0.494 e. The highest BCUT2D eigenvalue weighted by Crippen LogP contribution is 2.19. The van der Waals surface area contributed by atoms with Crippen molar-refractivity contribution in [2.75, 3.05) is 13.2 Å². The maximum Gasteiger partial charge on any atom is 0.309 e. The molecule has 0 saturated heterocycles. The van der Waals surface area contributed by atoms with E-state index in [1.54, 1.807) is 6.92 Å². The van der Waals surface area contributed by atoms with Crippen LogP contribution in [-0.2, 0) is 16.1 Å². The van der Waals surface area contributed by atoms with Crippen molar-refractivity contribution in [1.29, 1.82) is 0 Å². The van der Waals surface area contributed by atoms with Gasteiger partial charge in [0, 0.05) is 12.1 Å². The average Bonchev–Trinajstić information content (AvgIpc) is 3.03. The molecular weight excluding hydrogens is 300 g/mol. The van der Waals surface area contributed by atoms with Crippen LogP contribution >= 0.6 is 0 Å². The van der Waals surface area contributed by atoms with Gasteiger partial charge >= 0.3 is 11.8 Å². The molecule has 0 fully saturated rings. The number of aromatic nitrogens is 2. The molecule has 2 aromatic rings. The minimum absolute atomic E-state index is 0.0139. The molecule has 122 valence electrons. The van der Waals surface area contributed by atoms with Crippen LogP contribution in [0, 0.1) is 0 Å². The zero-order chi connectivity index (χ0) is 16.7.